The molecule has 0 bridgehead atoms. The molecule has 0 aliphatic carbocycles. The zero-order chi connectivity index (χ0) is 20.5. The van der Waals surface area contributed by atoms with E-state index in [0.29, 0.717) is 23.5 Å². The van der Waals surface area contributed by atoms with Crippen LogP contribution in [0.3, 0.4) is 0 Å². The molecule has 0 saturated carbocycles. The number of benzene rings is 1. The minimum Gasteiger partial charge on any atom is -0.497 e. The first kappa shape index (κ1) is 20.4. The van der Waals surface area contributed by atoms with E-state index in [0.717, 1.165) is 12.8 Å². The summed E-state index contributed by atoms with van der Waals surface area (Å²) in [5.41, 5.74) is -0.561. The Morgan fingerprint density at radius 3 is 2.89 bits per heavy atom. The monoisotopic (exact) mass is 388 g/mol. The zero-order valence-electron chi connectivity index (χ0n) is 16.6. The number of rotatable bonds is 6. The highest BCUT2D eigenvalue weighted by Crippen LogP contribution is 2.45. The molecule has 3 rings (SSSR count). The van der Waals surface area contributed by atoms with Crippen molar-refractivity contribution in [2.75, 3.05) is 32.2 Å². The van der Waals surface area contributed by atoms with Gasteiger partial charge in [0, 0.05) is 31.5 Å². The Kier molecular flexibility index (Phi) is 5.76. The summed E-state index contributed by atoms with van der Waals surface area (Å²) in [6.45, 7) is 2.40. The third-order valence-electron chi connectivity index (χ3n) is 5.89. The van der Waals surface area contributed by atoms with Gasteiger partial charge in [0.05, 0.1) is 25.4 Å². The number of carbonyl (C=O) groups excluding carboxylic acids is 2. The van der Waals surface area contributed by atoms with Gasteiger partial charge in [-0.3, -0.25) is 9.59 Å². The van der Waals surface area contributed by atoms with Crippen molar-refractivity contribution in [1.82, 2.24) is 4.90 Å². The van der Waals surface area contributed by atoms with Gasteiger partial charge in [0.1, 0.15) is 5.75 Å². The van der Waals surface area contributed by atoms with Crippen LogP contribution in [-0.2, 0) is 15.2 Å². The van der Waals surface area contributed by atoms with E-state index in [1.165, 1.54) is 12.0 Å². The molecule has 3 atom stereocenters. The van der Waals surface area contributed by atoms with E-state index >= 15 is 0 Å². The molecule has 0 aromatic heterocycles. The maximum absolute atomic E-state index is 12.8. The van der Waals surface area contributed by atoms with Crippen LogP contribution in [0.4, 0.5) is 5.69 Å². The minimum absolute atomic E-state index is 0.0228. The first-order valence-corrected chi connectivity index (χ1v) is 9.60. The highest BCUT2D eigenvalue weighted by Gasteiger charge is 2.51. The predicted molar refractivity (Wildman–Crippen MR) is 105 cm³/mol. The molecule has 7 nitrogen and oxygen atoms in total. The van der Waals surface area contributed by atoms with Gasteiger partial charge in [-0.1, -0.05) is 19.1 Å². The molecule has 2 N–H and O–H groups in total. The van der Waals surface area contributed by atoms with Crippen molar-refractivity contribution in [2.45, 2.75) is 37.8 Å². The molecule has 28 heavy (non-hydrogen) atoms. The maximum Gasteiger partial charge on any atom is 0.264 e. The van der Waals surface area contributed by atoms with Gasteiger partial charge in [-0.05, 0) is 31.0 Å². The van der Waals surface area contributed by atoms with Crippen LogP contribution in [0, 0.1) is 5.92 Å². The molecule has 1 saturated heterocycles. The number of aliphatic hydroxyl groups is 2. The molecular formula is C21H28N2O5. The van der Waals surface area contributed by atoms with E-state index in [1.54, 1.807) is 49.2 Å². The molecule has 2 heterocycles. The number of aliphatic hydroxyl groups excluding tert-OH is 1. The fourth-order valence-electron chi connectivity index (χ4n) is 4.14. The summed E-state index contributed by atoms with van der Waals surface area (Å²) in [7, 11) is 3.17. The lowest BCUT2D eigenvalue weighted by Gasteiger charge is -2.27. The lowest BCUT2D eigenvalue weighted by molar-refractivity contribution is -0.139. The van der Waals surface area contributed by atoms with Gasteiger partial charge in [-0.2, -0.15) is 0 Å². The molecule has 2 aliphatic heterocycles. The lowest BCUT2D eigenvalue weighted by atomic mass is 9.83. The van der Waals surface area contributed by atoms with Crippen LogP contribution in [0.5, 0.6) is 5.75 Å². The zero-order valence-corrected chi connectivity index (χ0v) is 16.6. The Balaban J connectivity index is 1.76. The number of likely N-dealkylation sites (tertiary alicyclic amines) is 1. The van der Waals surface area contributed by atoms with Crippen LogP contribution in [0.2, 0.25) is 0 Å². The standard InChI is InChI=1S/C21H28N2O5/c1-14(6-4-8-19(25)23-11-5-7-15(23)13-24)21(27)17-12-16(28-3)9-10-18(17)22(2)20(21)26/h4,6,9-10,12,14-15,24,27H,5,7-8,11,13H2,1-3H3/b6-4+/t14-,15+,21+/m1/s1. The van der Waals surface area contributed by atoms with Crippen molar-refractivity contribution in [3.05, 3.63) is 35.9 Å². The molecule has 2 amide bonds. The Hall–Kier alpha value is -2.38. The number of fused-ring (bicyclic) bond motifs is 1. The highest BCUT2D eigenvalue weighted by molar-refractivity contribution is 6.07. The van der Waals surface area contributed by atoms with E-state index in [2.05, 4.69) is 0 Å². The molecule has 152 valence electrons. The topological polar surface area (TPSA) is 90.3 Å². The van der Waals surface area contributed by atoms with E-state index in [-0.39, 0.29) is 25.0 Å². The minimum atomic E-state index is -1.71. The average molecular weight is 388 g/mol. The number of likely N-dealkylation sites (N-methyl/N-ethyl adjacent to an activating group) is 1. The van der Waals surface area contributed by atoms with Crippen LogP contribution in [0.1, 0.15) is 31.7 Å². The summed E-state index contributed by atoms with van der Waals surface area (Å²) >= 11 is 0. The molecule has 0 spiro atoms. The van der Waals surface area contributed by atoms with Gasteiger partial charge in [0.25, 0.3) is 5.91 Å². The molecule has 1 aromatic rings. The first-order valence-electron chi connectivity index (χ1n) is 9.60. The van der Waals surface area contributed by atoms with Gasteiger partial charge in [-0.15, -0.1) is 0 Å². The lowest BCUT2D eigenvalue weighted by Crippen LogP contribution is -2.43. The molecule has 7 heteroatoms. The Morgan fingerprint density at radius 1 is 1.46 bits per heavy atom. The Morgan fingerprint density at radius 2 is 2.21 bits per heavy atom. The van der Waals surface area contributed by atoms with Crippen LogP contribution >= 0.6 is 0 Å². The highest BCUT2D eigenvalue weighted by atomic mass is 16.5. The molecule has 1 fully saturated rings. The summed E-state index contributed by atoms with van der Waals surface area (Å²) in [4.78, 5) is 28.4. The number of ether oxygens (including phenoxy) is 1. The molecular weight excluding hydrogens is 360 g/mol. The maximum atomic E-state index is 12.8. The quantitative estimate of drug-likeness (QED) is 0.720. The fourth-order valence-corrected chi connectivity index (χ4v) is 4.14. The first-order chi connectivity index (χ1) is 13.3. The van der Waals surface area contributed by atoms with Crippen molar-refractivity contribution >= 4 is 17.5 Å². The number of carbonyl (C=O) groups is 2. The number of methoxy groups -OCH3 is 1. The summed E-state index contributed by atoms with van der Waals surface area (Å²) in [5.74, 6) is -0.422. The van der Waals surface area contributed by atoms with E-state index in [9.17, 15) is 19.8 Å². The van der Waals surface area contributed by atoms with Crippen LogP contribution in [-0.4, -0.2) is 60.3 Å². The molecule has 2 aliphatic rings. The van der Waals surface area contributed by atoms with Crippen molar-refractivity contribution in [3.8, 4) is 5.75 Å². The second-order valence-corrected chi connectivity index (χ2v) is 7.50. The van der Waals surface area contributed by atoms with Crippen molar-refractivity contribution in [2.24, 2.45) is 5.92 Å². The van der Waals surface area contributed by atoms with Crippen molar-refractivity contribution < 1.29 is 24.5 Å². The summed E-state index contributed by atoms with van der Waals surface area (Å²) in [5, 5.41) is 20.7. The van der Waals surface area contributed by atoms with Crippen LogP contribution in [0.25, 0.3) is 0 Å². The number of nitrogens with zero attached hydrogens (tertiary/aromatic N) is 2. The van der Waals surface area contributed by atoms with Gasteiger partial charge in [-0.25, -0.2) is 0 Å². The predicted octanol–water partition coefficient (Wildman–Crippen LogP) is 1.42. The smallest absolute Gasteiger partial charge is 0.264 e. The largest absolute Gasteiger partial charge is 0.497 e. The summed E-state index contributed by atoms with van der Waals surface area (Å²) in [6.07, 6.45) is 5.30. The normalized spacial score (nSPS) is 25.5. The second kappa shape index (κ2) is 7.93. The van der Waals surface area contributed by atoms with Crippen molar-refractivity contribution in [3.63, 3.8) is 0 Å². The van der Waals surface area contributed by atoms with Crippen LogP contribution < -0.4 is 9.64 Å². The van der Waals surface area contributed by atoms with Crippen LogP contribution in [0.15, 0.2) is 30.4 Å². The van der Waals surface area contributed by atoms with Gasteiger partial charge < -0.3 is 24.7 Å². The Bertz CT molecular complexity index is 793. The van der Waals surface area contributed by atoms with Gasteiger partial charge in [0.15, 0.2) is 5.60 Å². The summed E-state index contributed by atoms with van der Waals surface area (Å²) in [6, 6.07) is 5.09. The van der Waals surface area contributed by atoms with E-state index < -0.39 is 17.4 Å². The third kappa shape index (κ3) is 3.29. The Labute approximate surface area is 165 Å². The van der Waals surface area contributed by atoms with E-state index in [1.807, 2.05) is 0 Å². The number of hydrogen-bond acceptors (Lipinski definition) is 5. The number of hydrogen-bond donors (Lipinski definition) is 2. The molecule has 0 radical (unpaired) electrons. The number of amides is 2. The summed E-state index contributed by atoms with van der Waals surface area (Å²) < 4.78 is 5.24. The third-order valence-corrected chi connectivity index (χ3v) is 5.89. The number of anilines is 1. The average Bonchev–Trinajstić information content (AvgIpc) is 3.26. The van der Waals surface area contributed by atoms with Crippen molar-refractivity contribution in [1.29, 1.82) is 0 Å². The molecule has 0 unspecified atom stereocenters. The van der Waals surface area contributed by atoms with Gasteiger partial charge >= 0.3 is 0 Å². The SMILES string of the molecule is COc1ccc2c(c1)[C@@](O)([C@H](C)/C=C/CC(=O)N1CCC[C@H]1CO)C(=O)N2C. The van der Waals surface area contributed by atoms with Gasteiger partial charge in [0.2, 0.25) is 5.91 Å². The fraction of sp³-hybridized carbons (Fsp3) is 0.524. The molecule has 1 aromatic carbocycles. The van der Waals surface area contributed by atoms with E-state index in [4.69, 9.17) is 4.74 Å². The second-order valence-electron chi connectivity index (χ2n) is 7.50.